The van der Waals surface area contributed by atoms with Gasteiger partial charge >= 0.3 is 0 Å². The van der Waals surface area contributed by atoms with Gasteiger partial charge in [0.15, 0.2) is 0 Å². The normalized spacial score (nSPS) is 15.3. The molecule has 1 aliphatic rings. The van der Waals surface area contributed by atoms with Gasteiger partial charge in [-0.25, -0.2) is 0 Å². The molecular weight excluding hydrogens is 186 g/mol. The molecule has 0 bridgehead atoms. The second-order valence-electron chi connectivity index (χ2n) is 3.71. The number of hydrogen-bond donors (Lipinski definition) is 1. The van der Waals surface area contributed by atoms with Gasteiger partial charge in [-0.15, -0.1) is 0 Å². The highest BCUT2D eigenvalue weighted by molar-refractivity contribution is 5.41. The van der Waals surface area contributed by atoms with Crippen molar-refractivity contribution in [2.45, 2.75) is 6.61 Å². The lowest BCUT2D eigenvalue weighted by Crippen LogP contribution is -2.40. The van der Waals surface area contributed by atoms with Crippen LogP contribution in [0.2, 0.25) is 0 Å². The Bertz CT molecular complexity index is 385. The van der Waals surface area contributed by atoms with Crippen LogP contribution in [0, 0.1) is 17.8 Å². The van der Waals surface area contributed by atoms with E-state index in [0.29, 0.717) is 12.5 Å². The molecule has 1 saturated heterocycles. The molecule has 1 N–H and O–H groups in total. The predicted octanol–water partition coefficient (Wildman–Crippen LogP) is 1.40. The Labute approximate surface area is 90.6 Å². The predicted molar refractivity (Wildman–Crippen MR) is 60.4 cm³/mol. The SMILES string of the molecule is COCc1ccccc1C#CC1CNC1. The Kier molecular flexibility index (Phi) is 3.39. The molecule has 0 aromatic heterocycles. The quantitative estimate of drug-likeness (QED) is 0.730. The summed E-state index contributed by atoms with van der Waals surface area (Å²) in [5.74, 6) is 7.02. The standard InChI is InChI=1S/C13H15NO/c1-15-10-13-5-3-2-4-12(13)7-6-11-8-14-9-11/h2-5,11,14H,8-10H2,1H3. The first kappa shape index (κ1) is 10.2. The molecule has 2 heteroatoms. The van der Waals surface area contributed by atoms with E-state index in [1.54, 1.807) is 7.11 Å². The Morgan fingerprint density at radius 1 is 1.40 bits per heavy atom. The molecule has 1 heterocycles. The largest absolute Gasteiger partial charge is 0.380 e. The zero-order valence-corrected chi connectivity index (χ0v) is 8.92. The first-order chi connectivity index (χ1) is 7.40. The Balaban J connectivity index is 2.13. The summed E-state index contributed by atoms with van der Waals surface area (Å²) in [4.78, 5) is 0. The van der Waals surface area contributed by atoms with Crippen molar-refractivity contribution in [3.63, 3.8) is 0 Å². The zero-order chi connectivity index (χ0) is 10.5. The summed E-state index contributed by atoms with van der Waals surface area (Å²) >= 11 is 0. The van der Waals surface area contributed by atoms with Gasteiger partial charge < -0.3 is 10.1 Å². The maximum absolute atomic E-state index is 5.14. The maximum Gasteiger partial charge on any atom is 0.0725 e. The molecule has 1 aromatic rings. The highest BCUT2D eigenvalue weighted by Crippen LogP contribution is 2.09. The Hall–Kier alpha value is -1.30. The van der Waals surface area contributed by atoms with E-state index < -0.39 is 0 Å². The first-order valence-electron chi connectivity index (χ1n) is 5.19. The minimum atomic E-state index is 0.528. The van der Waals surface area contributed by atoms with Crippen LogP contribution >= 0.6 is 0 Å². The molecule has 1 aliphatic heterocycles. The van der Waals surface area contributed by atoms with Crippen LogP contribution in [-0.4, -0.2) is 20.2 Å². The van der Waals surface area contributed by atoms with Gasteiger partial charge in [-0.05, 0) is 11.6 Å². The number of rotatable bonds is 2. The third kappa shape index (κ3) is 2.59. The highest BCUT2D eigenvalue weighted by Gasteiger charge is 2.12. The number of ether oxygens (including phenoxy) is 1. The minimum absolute atomic E-state index is 0.528. The summed E-state index contributed by atoms with van der Waals surface area (Å²) in [5.41, 5.74) is 2.26. The van der Waals surface area contributed by atoms with Gasteiger partial charge in [0.2, 0.25) is 0 Å². The number of methoxy groups -OCH3 is 1. The van der Waals surface area contributed by atoms with Crippen LogP contribution < -0.4 is 5.32 Å². The van der Waals surface area contributed by atoms with Crippen molar-refractivity contribution in [3.8, 4) is 11.8 Å². The van der Waals surface area contributed by atoms with E-state index in [1.165, 1.54) is 5.56 Å². The van der Waals surface area contributed by atoms with Crippen molar-refractivity contribution in [2.75, 3.05) is 20.2 Å². The maximum atomic E-state index is 5.14. The molecule has 0 spiro atoms. The second kappa shape index (κ2) is 4.97. The van der Waals surface area contributed by atoms with Gasteiger partial charge in [0, 0.05) is 31.7 Å². The molecule has 78 valence electrons. The monoisotopic (exact) mass is 201 g/mol. The van der Waals surface area contributed by atoms with Crippen LogP contribution in [0.4, 0.5) is 0 Å². The molecule has 0 amide bonds. The van der Waals surface area contributed by atoms with Crippen LogP contribution in [0.5, 0.6) is 0 Å². The number of benzene rings is 1. The topological polar surface area (TPSA) is 21.3 Å². The highest BCUT2D eigenvalue weighted by atomic mass is 16.5. The molecule has 0 radical (unpaired) electrons. The fourth-order valence-corrected chi connectivity index (χ4v) is 1.49. The summed E-state index contributed by atoms with van der Waals surface area (Å²) < 4.78 is 5.14. The van der Waals surface area contributed by atoms with Gasteiger partial charge in [-0.2, -0.15) is 0 Å². The van der Waals surface area contributed by atoms with E-state index in [1.807, 2.05) is 18.2 Å². The van der Waals surface area contributed by atoms with Crippen molar-refractivity contribution in [1.29, 1.82) is 0 Å². The van der Waals surface area contributed by atoms with Crippen molar-refractivity contribution < 1.29 is 4.74 Å². The lowest BCUT2D eigenvalue weighted by Gasteiger charge is -2.21. The Morgan fingerprint density at radius 3 is 2.87 bits per heavy atom. The van der Waals surface area contributed by atoms with Crippen LogP contribution in [0.3, 0.4) is 0 Å². The van der Waals surface area contributed by atoms with Gasteiger partial charge in [-0.1, -0.05) is 30.0 Å². The lowest BCUT2D eigenvalue weighted by molar-refractivity contribution is 0.184. The molecule has 2 nitrogen and oxygen atoms in total. The van der Waals surface area contributed by atoms with E-state index in [9.17, 15) is 0 Å². The summed E-state index contributed by atoms with van der Waals surface area (Å²) in [5, 5.41) is 3.21. The average molecular weight is 201 g/mol. The second-order valence-corrected chi connectivity index (χ2v) is 3.71. The molecule has 1 fully saturated rings. The van der Waals surface area contributed by atoms with E-state index in [0.717, 1.165) is 18.7 Å². The van der Waals surface area contributed by atoms with E-state index in [4.69, 9.17) is 4.74 Å². The van der Waals surface area contributed by atoms with Crippen LogP contribution in [-0.2, 0) is 11.3 Å². The summed E-state index contributed by atoms with van der Waals surface area (Å²) in [7, 11) is 1.71. The van der Waals surface area contributed by atoms with E-state index >= 15 is 0 Å². The fraction of sp³-hybridized carbons (Fsp3) is 0.385. The third-order valence-electron chi connectivity index (χ3n) is 2.51. The first-order valence-corrected chi connectivity index (χ1v) is 5.19. The molecule has 15 heavy (non-hydrogen) atoms. The van der Waals surface area contributed by atoms with E-state index in [2.05, 4.69) is 23.2 Å². The van der Waals surface area contributed by atoms with Crippen molar-refractivity contribution in [3.05, 3.63) is 35.4 Å². The fourth-order valence-electron chi connectivity index (χ4n) is 1.49. The van der Waals surface area contributed by atoms with Crippen molar-refractivity contribution in [2.24, 2.45) is 5.92 Å². The van der Waals surface area contributed by atoms with E-state index in [-0.39, 0.29) is 0 Å². The van der Waals surface area contributed by atoms with Gasteiger partial charge in [-0.3, -0.25) is 0 Å². The number of hydrogen-bond acceptors (Lipinski definition) is 2. The van der Waals surface area contributed by atoms with Crippen LogP contribution in [0.25, 0.3) is 0 Å². The molecule has 0 saturated carbocycles. The number of nitrogens with one attached hydrogen (secondary N) is 1. The molecule has 0 atom stereocenters. The van der Waals surface area contributed by atoms with Crippen LogP contribution in [0.1, 0.15) is 11.1 Å². The molecule has 2 rings (SSSR count). The van der Waals surface area contributed by atoms with Gasteiger partial charge in [0.1, 0.15) is 0 Å². The Morgan fingerprint density at radius 2 is 2.20 bits per heavy atom. The molecule has 1 aromatic carbocycles. The average Bonchev–Trinajstić information content (AvgIpc) is 2.18. The lowest BCUT2D eigenvalue weighted by atomic mass is 10.0. The zero-order valence-electron chi connectivity index (χ0n) is 8.92. The molecular formula is C13H15NO. The molecule has 0 unspecified atom stereocenters. The molecule has 0 aliphatic carbocycles. The summed E-state index contributed by atoms with van der Waals surface area (Å²) in [6.45, 7) is 2.69. The van der Waals surface area contributed by atoms with Crippen molar-refractivity contribution in [1.82, 2.24) is 5.32 Å². The van der Waals surface area contributed by atoms with Gasteiger partial charge in [0.05, 0.1) is 6.61 Å². The smallest absolute Gasteiger partial charge is 0.0725 e. The van der Waals surface area contributed by atoms with Crippen LogP contribution in [0.15, 0.2) is 24.3 Å². The minimum Gasteiger partial charge on any atom is -0.380 e. The third-order valence-corrected chi connectivity index (χ3v) is 2.51. The summed E-state index contributed by atoms with van der Waals surface area (Å²) in [6, 6.07) is 8.15. The van der Waals surface area contributed by atoms with Gasteiger partial charge in [0.25, 0.3) is 0 Å². The van der Waals surface area contributed by atoms with Crippen molar-refractivity contribution >= 4 is 0 Å². The summed E-state index contributed by atoms with van der Waals surface area (Å²) in [6.07, 6.45) is 0.